The second kappa shape index (κ2) is 6.35. The van der Waals surface area contributed by atoms with Gasteiger partial charge in [-0.25, -0.2) is 0 Å². The highest BCUT2D eigenvalue weighted by atomic mass is 16.5. The molecule has 1 aliphatic heterocycles. The van der Waals surface area contributed by atoms with Gasteiger partial charge in [-0.3, -0.25) is 4.90 Å². The molecule has 4 heteroatoms. The standard InChI is InChI=1S/C10H22N2O2/c1-9-7-12(8-10(2)11-9)3-5-14-6-4-13/h9-11,13H,3-8H2,1-2H3. The van der Waals surface area contributed by atoms with Crippen molar-refractivity contribution in [3.63, 3.8) is 0 Å². The van der Waals surface area contributed by atoms with Crippen molar-refractivity contribution >= 4 is 0 Å². The molecule has 84 valence electrons. The van der Waals surface area contributed by atoms with Crippen LogP contribution in [0.15, 0.2) is 0 Å². The van der Waals surface area contributed by atoms with Crippen LogP contribution in [0.2, 0.25) is 0 Å². The van der Waals surface area contributed by atoms with Crippen LogP contribution in [0, 0.1) is 0 Å². The van der Waals surface area contributed by atoms with Crippen LogP contribution in [0.5, 0.6) is 0 Å². The molecule has 0 amide bonds. The van der Waals surface area contributed by atoms with Crippen molar-refractivity contribution in [2.75, 3.05) is 39.5 Å². The Labute approximate surface area is 86.2 Å². The second-order valence-electron chi connectivity index (χ2n) is 4.06. The predicted octanol–water partition coefficient (Wildman–Crippen LogP) is -0.322. The van der Waals surface area contributed by atoms with E-state index in [1.54, 1.807) is 0 Å². The average Bonchev–Trinajstić information content (AvgIpc) is 2.11. The topological polar surface area (TPSA) is 44.7 Å². The third-order valence-electron chi connectivity index (χ3n) is 2.42. The number of hydrogen-bond donors (Lipinski definition) is 2. The second-order valence-corrected chi connectivity index (χ2v) is 4.06. The number of aliphatic hydroxyl groups is 1. The van der Waals surface area contributed by atoms with Gasteiger partial charge < -0.3 is 15.2 Å². The van der Waals surface area contributed by atoms with E-state index in [1.165, 1.54) is 0 Å². The van der Waals surface area contributed by atoms with Crippen LogP contribution >= 0.6 is 0 Å². The highest BCUT2D eigenvalue weighted by molar-refractivity contribution is 4.80. The summed E-state index contributed by atoms with van der Waals surface area (Å²) in [4.78, 5) is 2.41. The summed E-state index contributed by atoms with van der Waals surface area (Å²) >= 11 is 0. The molecule has 0 aliphatic carbocycles. The fraction of sp³-hybridized carbons (Fsp3) is 1.00. The van der Waals surface area contributed by atoms with E-state index in [0.717, 1.165) is 26.2 Å². The number of nitrogens with one attached hydrogen (secondary N) is 1. The van der Waals surface area contributed by atoms with E-state index in [9.17, 15) is 0 Å². The Balaban J connectivity index is 2.10. The van der Waals surface area contributed by atoms with Crippen LogP contribution in [-0.2, 0) is 4.74 Å². The molecule has 0 radical (unpaired) electrons. The first-order valence-corrected chi connectivity index (χ1v) is 5.39. The zero-order valence-electron chi connectivity index (χ0n) is 9.20. The lowest BCUT2D eigenvalue weighted by Crippen LogP contribution is -2.54. The van der Waals surface area contributed by atoms with Gasteiger partial charge in [-0.1, -0.05) is 0 Å². The van der Waals surface area contributed by atoms with Gasteiger partial charge in [0.05, 0.1) is 19.8 Å². The van der Waals surface area contributed by atoms with E-state index in [1.807, 2.05) is 0 Å². The number of nitrogens with zero attached hydrogens (tertiary/aromatic N) is 1. The summed E-state index contributed by atoms with van der Waals surface area (Å²) in [6.07, 6.45) is 0. The van der Waals surface area contributed by atoms with E-state index in [4.69, 9.17) is 9.84 Å². The Morgan fingerprint density at radius 2 is 1.93 bits per heavy atom. The molecule has 1 heterocycles. The summed E-state index contributed by atoms with van der Waals surface area (Å²) in [5, 5.41) is 12.0. The predicted molar refractivity (Wildman–Crippen MR) is 56.4 cm³/mol. The number of hydrogen-bond acceptors (Lipinski definition) is 4. The van der Waals surface area contributed by atoms with Crippen LogP contribution in [0.25, 0.3) is 0 Å². The molecule has 2 unspecified atom stereocenters. The summed E-state index contributed by atoms with van der Waals surface area (Å²) in [7, 11) is 0. The minimum atomic E-state index is 0.119. The molecule has 0 bridgehead atoms. The van der Waals surface area contributed by atoms with Crippen LogP contribution in [0.4, 0.5) is 0 Å². The Kier molecular flexibility index (Phi) is 5.40. The van der Waals surface area contributed by atoms with Gasteiger partial charge in [-0.2, -0.15) is 0 Å². The van der Waals surface area contributed by atoms with Gasteiger partial charge in [0.2, 0.25) is 0 Å². The average molecular weight is 202 g/mol. The van der Waals surface area contributed by atoms with E-state index in [0.29, 0.717) is 18.7 Å². The monoisotopic (exact) mass is 202 g/mol. The van der Waals surface area contributed by atoms with E-state index >= 15 is 0 Å². The lowest BCUT2D eigenvalue weighted by molar-refractivity contribution is 0.0628. The number of aliphatic hydroxyl groups excluding tert-OH is 1. The van der Waals surface area contributed by atoms with Gasteiger partial charge in [-0.05, 0) is 13.8 Å². The summed E-state index contributed by atoms with van der Waals surface area (Å²) in [5.74, 6) is 0. The van der Waals surface area contributed by atoms with Crippen LogP contribution in [0.1, 0.15) is 13.8 Å². The van der Waals surface area contributed by atoms with Crippen LogP contribution in [-0.4, -0.2) is 61.5 Å². The van der Waals surface area contributed by atoms with Crippen molar-refractivity contribution in [1.82, 2.24) is 10.2 Å². The third kappa shape index (κ3) is 4.37. The third-order valence-corrected chi connectivity index (χ3v) is 2.42. The summed E-state index contributed by atoms with van der Waals surface area (Å²) in [6.45, 7) is 8.86. The van der Waals surface area contributed by atoms with Gasteiger partial charge in [0.1, 0.15) is 0 Å². The van der Waals surface area contributed by atoms with Crippen molar-refractivity contribution < 1.29 is 9.84 Å². The van der Waals surface area contributed by atoms with Gasteiger partial charge >= 0.3 is 0 Å². The van der Waals surface area contributed by atoms with Gasteiger partial charge in [0.25, 0.3) is 0 Å². The summed E-state index contributed by atoms with van der Waals surface area (Å²) < 4.78 is 5.24. The quantitative estimate of drug-likeness (QED) is 0.600. The minimum Gasteiger partial charge on any atom is -0.394 e. The Morgan fingerprint density at radius 3 is 2.50 bits per heavy atom. The summed E-state index contributed by atoms with van der Waals surface area (Å²) in [6, 6.07) is 1.13. The molecular formula is C10H22N2O2. The summed E-state index contributed by atoms with van der Waals surface area (Å²) in [5.41, 5.74) is 0. The largest absolute Gasteiger partial charge is 0.394 e. The molecule has 0 aromatic carbocycles. The number of ether oxygens (including phenoxy) is 1. The number of rotatable bonds is 5. The maximum absolute atomic E-state index is 8.54. The molecule has 1 aliphatic rings. The Morgan fingerprint density at radius 1 is 1.29 bits per heavy atom. The maximum atomic E-state index is 8.54. The molecule has 14 heavy (non-hydrogen) atoms. The Bertz CT molecular complexity index is 145. The SMILES string of the molecule is CC1CN(CCOCCO)CC(C)N1. The van der Waals surface area contributed by atoms with Crippen LogP contribution < -0.4 is 5.32 Å². The normalized spacial score (nSPS) is 29.4. The van der Waals surface area contributed by atoms with Crippen molar-refractivity contribution in [1.29, 1.82) is 0 Å². The van der Waals surface area contributed by atoms with Crippen molar-refractivity contribution in [3.8, 4) is 0 Å². The molecule has 1 rings (SSSR count). The molecule has 0 saturated carbocycles. The molecule has 4 nitrogen and oxygen atoms in total. The van der Waals surface area contributed by atoms with Crippen molar-refractivity contribution in [3.05, 3.63) is 0 Å². The maximum Gasteiger partial charge on any atom is 0.0698 e. The fourth-order valence-corrected chi connectivity index (χ4v) is 1.98. The van der Waals surface area contributed by atoms with Gasteiger partial charge in [-0.15, -0.1) is 0 Å². The molecule has 1 saturated heterocycles. The zero-order valence-corrected chi connectivity index (χ0v) is 9.20. The highest BCUT2D eigenvalue weighted by Crippen LogP contribution is 2.03. The molecule has 0 aromatic heterocycles. The highest BCUT2D eigenvalue weighted by Gasteiger charge is 2.19. The van der Waals surface area contributed by atoms with Gasteiger partial charge in [0, 0.05) is 31.7 Å². The lowest BCUT2D eigenvalue weighted by atomic mass is 10.1. The van der Waals surface area contributed by atoms with Crippen molar-refractivity contribution in [2.24, 2.45) is 0 Å². The first-order chi connectivity index (χ1) is 6.72. The molecule has 2 atom stereocenters. The number of piperazine rings is 1. The Hall–Kier alpha value is -0.160. The lowest BCUT2D eigenvalue weighted by Gasteiger charge is -2.35. The molecule has 0 aromatic rings. The first kappa shape index (κ1) is 11.9. The van der Waals surface area contributed by atoms with Crippen LogP contribution in [0.3, 0.4) is 0 Å². The fourth-order valence-electron chi connectivity index (χ4n) is 1.98. The first-order valence-electron chi connectivity index (χ1n) is 5.39. The van der Waals surface area contributed by atoms with E-state index in [-0.39, 0.29) is 6.61 Å². The minimum absolute atomic E-state index is 0.119. The zero-order chi connectivity index (χ0) is 10.4. The molecule has 0 spiro atoms. The van der Waals surface area contributed by atoms with E-state index < -0.39 is 0 Å². The molecule has 2 N–H and O–H groups in total. The van der Waals surface area contributed by atoms with Crippen molar-refractivity contribution in [2.45, 2.75) is 25.9 Å². The van der Waals surface area contributed by atoms with E-state index in [2.05, 4.69) is 24.1 Å². The molecular weight excluding hydrogens is 180 g/mol. The molecule has 1 fully saturated rings. The smallest absolute Gasteiger partial charge is 0.0698 e. The van der Waals surface area contributed by atoms with Gasteiger partial charge in [0.15, 0.2) is 0 Å².